The Balaban J connectivity index is 1.68. The van der Waals surface area contributed by atoms with Gasteiger partial charge in [-0.15, -0.1) is 0 Å². The van der Waals surface area contributed by atoms with Crippen LogP contribution in [0.15, 0.2) is 76.2 Å². The highest BCUT2D eigenvalue weighted by molar-refractivity contribution is 7.89. The number of sulfonamides is 1. The van der Waals surface area contributed by atoms with Gasteiger partial charge in [0.25, 0.3) is 0 Å². The van der Waals surface area contributed by atoms with Gasteiger partial charge in [0, 0.05) is 20.2 Å². The topological polar surface area (TPSA) is 91.7 Å². The summed E-state index contributed by atoms with van der Waals surface area (Å²) in [6.07, 6.45) is -0.534. The number of alkyl halides is 3. The van der Waals surface area contributed by atoms with Gasteiger partial charge in [0.05, 0.1) is 34.6 Å². The smallest absolute Gasteiger partial charge is 0.416 e. The summed E-state index contributed by atoms with van der Waals surface area (Å²) in [6.45, 7) is 0.00162. The van der Waals surface area contributed by atoms with Crippen molar-refractivity contribution in [1.29, 1.82) is 0 Å². The van der Waals surface area contributed by atoms with Crippen LogP contribution in [0.2, 0.25) is 0 Å². The van der Waals surface area contributed by atoms with E-state index in [1.807, 2.05) is 0 Å². The van der Waals surface area contributed by atoms with Gasteiger partial charge in [0.1, 0.15) is 5.76 Å². The lowest BCUT2D eigenvalue weighted by molar-refractivity contribution is -0.137. The molecule has 34 heavy (non-hydrogen) atoms. The van der Waals surface area contributed by atoms with Gasteiger partial charge in [-0.25, -0.2) is 13.1 Å². The Hall–Kier alpha value is -3.57. The molecule has 3 aromatic rings. The zero-order chi connectivity index (χ0) is 24.9. The van der Waals surface area contributed by atoms with E-state index in [2.05, 4.69) is 10.0 Å². The van der Waals surface area contributed by atoms with Crippen molar-refractivity contribution in [2.24, 2.45) is 0 Å². The molecule has 2 aromatic carbocycles. The number of carbonyl (C=O) groups is 1. The van der Waals surface area contributed by atoms with Crippen molar-refractivity contribution in [3.63, 3.8) is 0 Å². The molecular formula is C23H22F3N3O4S. The Kier molecular flexibility index (Phi) is 7.48. The van der Waals surface area contributed by atoms with Crippen molar-refractivity contribution >= 4 is 33.4 Å². The number of anilines is 2. The maximum absolute atomic E-state index is 13.1. The molecule has 1 amide bonds. The third-order valence-corrected chi connectivity index (χ3v) is 6.11. The summed E-state index contributed by atoms with van der Waals surface area (Å²) in [4.78, 5) is 13.9. The molecular weight excluding hydrogens is 471 g/mol. The third kappa shape index (κ3) is 6.49. The summed E-state index contributed by atoms with van der Waals surface area (Å²) in [5.41, 5.74) is 0.0664. The second-order valence-electron chi connectivity index (χ2n) is 7.42. The Bertz CT molecular complexity index is 1270. The molecule has 0 fully saturated rings. The summed E-state index contributed by atoms with van der Waals surface area (Å²) in [7, 11) is -0.472. The van der Waals surface area contributed by atoms with Gasteiger partial charge >= 0.3 is 6.18 Å². The number of hydrogen-bond donors (Lipinski definition) is 2. The number of carbonyl (C=O) groups excluding carboxylic acids is 1. The molecule has 7 nitrogen and oxygen atoms in total. The highest BCUT2D eigenvalue weighted by Crippen LogP contribution is 2.34. The molecule has 180 valence electrons. The molecule has 0 aliphatic heterocycles. The van der Waals surface area contributed by atoms with Crippen molar-refractivity contribution in [2.45, 2.75) is 17.6 Å². The van der Waals surface area contributed by atoms with Gasteiger partial charge in [0.2, 0.25) is 15.9 Å². The van der Waals surface area contributed by atoms with Crippen LogP contribution in [0.5, 0.6) is 0 Å². The molecule has 0 spiro atoms. The zero-order valence-electron chi connectivity index (χ0n) is 18.3. The fraction of sp³-hybridized carbons (Fsp3) is 0.174. The third-order valence-electron chi connectivity index (χ3n) is 4.70. The molecule has 0 saturated carbocycles. The minimum atomic E-state index is -4.55. The van der Waals surface area contributed by atoms with Crippen LogP contribution in [0.1, 0.15) is 16.9 Å². The molecule has 2 N–H and O–H groups in total. The van der Waals surface area contributed by atoms with Crippen LogP contribution < -0.4 is 14.9 Å². The minimum absolute atomic E-state index is 0.00162. The van der Waals surface area contributed by atoms with E-state index >= 15 is 0 Å². The number of benzene rings is 2. The molecule has 3 rings (SSSR count). The van der Waals surface area contributed by atoms with E-state index < -0.39 is 27.7 Å². The van der Waals surface area contributed by atoms with Crippen LogP contribution >= 0.6 is 0 Å². The van der Waals surface area contributed by atoms with E-state index in [4.69, 9.17) is 4.42 Å². The molecule has 0 bridgehead atoms. The molecule has 0 radical (unpaired) electrons. The molecule has 0 saturated heterocycles. The Labute approximate surface area is 194 Å². The van der Waals surface area contributed by atoms with Crippen molar-refractivity contribution in [2.75, 3.05) is 24.3 Å². The van der Waals surface area contributed by atoms with Crippen molar-refractivity contribution in [3.05, 3.63) is 83.8 Å². The van der Waals surface area contributed by atoms with Gasteiger partial charge in [-0.05, 0) is 54.1 Å². The lowest BCUT2D eigenvalue weighted by atomic mass is 10.1. The highest BCUT2D eigenvalue weighted by Gasteiger charge is 2.31. The Morgan fingerprint density at radius 3 is 2.38 bits per heavy atom. The predicted molar refractivity (Wildman–Crippen MR) is 123 cm³/mol. The molecule has 0 aliphatic carbocycles. The zero-order valence-corrected chi connectivity index (χ0v) is 19.1. The maximum Gasteiger partial charge on any atom is 0.416 e. The first-order valence-corrected chi connectivity index (χ1v) is 11.4. The fourth-order valence-corrected chi connectivity index (χ4v) is 3.96. The van der Waals surface area contributed by atoms with E-state index in [-0.39, 0.29) is 17.1 Å². The summed E-state index contributed by atoms with van der Waals surface area (Å²) < 4.78 is 71.4. The standard InChI is InChI=1S/C23H22F3N3O4S/c1-29(2)21-11-8-17(23(24,25)26)14-20(21)28-22(30)12-7-16-5-9-19(10-6-16)34(31,32)27-15-18-4-3-13-33-18/h3-14,27H,15H2,1-2H3,(H,28,30)/b12-7+. The van der Waals surface area contributed by atoms with Crippen LogP contribution in [0, 0.1) is 0 Å². The Morgan fingerprint density at radius 2 is 1.79 bits per heavy atom. The second kappa shape index (κ2) is 10.1. The van der Waals surface area contributed by atoms with Crippen molar-refractivity contribution in [1.82, 2.24) is 4.72 Å². The van der Waals surface area contributed by atoms with Crippen LogP contribution in [0.25, 0.3) is 6.08 Å². The number of furan rings is 1. The first-order valence-electron chi connectivity index (χ1n) is 9.95. The van der Waals surface area contributed by atoms with Gasteiger partial charge in [0.15, 0.2) is 0 Å². The summed E-state index contributed by atoms with van der Waals surface area (Å²) in [5.74, 6) is -0.174. The second-order valence-corrected chi connectivity index (χ2v) is 9.19. The van der Waals surface area contributed by atoms with E-state index in [1.165, 1.54) is 42.7 Å². The number of rotatable bonds is 8. The van der Waals surface area contributed by atoms with E-state index in [1.54, 1.807) is 31.1 Å². The molecule has 0 atom stereocenters. The SMILES string of the molecule is CN(C)c1ccc(C(F)(F)F)cc1NC(=O)/C=C/c1ccc(S(=O)(=O)NCc2ccco2)cc1. The molecule has 1 heterocycles. The fourth-order valence-electron chi connectivity index (χ4n) is 2.97. The van der Waals surface area contributed by atoms with Crippen LogP contribution in [-0.4, -0.2) is 28.4 Å². The maximum atomic E-state index is 13.1. The van der Waals surface area contributed by atoms with Gasteiger partial charge in [-0.3, -0.25) is 4.79 Å². The number of halogens is 3. The van der Waals surface area contributed by atoms with Gasteiger partial charge in [-0.2, -0.15) is 13.2 Å². The van der Waals surface area contributed by atoms with E-state index in [0.717, 1.165) is 18.2 Å². The first-order chi connectivity index (χ1) is 16.0. The lowest BCUT2D eigenvalue weighted by Gasteiger charge is -2.19. The van der Waals surface area contributed by atoms with Gasteiger partial charge < -0.3 is 14.6 Å². The number of amides is 1. The lowest BCUT2D eigenvalue weighted by Crippen LogP contribution is -2.22. The number of hydrogen-bond acceptors (Lipinski definition) is 5. The largest absolute Gasteiger partial charge is 0.468 e. The quantitative estimate of drug-likeness (QED) is 0.451. The average molecular weight is 494 g/mol. The van der Waals surface area contributed by atoms with Crippen molar-refractivity contribution in [3.8, 4) is 0 Å². The normalized spacial score (nSPS) is 12.1. The molecule has 1 aromatic heterocycles. The van der Waals surface area contributed by atoms with Crippen LogP contribution in [0.3, 0.4) is 0 Å². The van der Waals surface area contributed by atoms with Crippen LogP contribution in [-0.2, 0) is 27.5 Å². The molecule has 0 aliphatic rings. The van der Waals surface area contributed by atoms with Gasteiger partial charge in [-0.1, -0.05) is 12.1 Å². The minimum Gasteiger partial charge on any atom is -0.468 e. The highest BCUT2D eigenvalue weighted by atomic mass is 32.2. The number of nitrogens with zero attached hydrogens (tertiary/aromatic N) is 1. The number of nitrogens with one attached hydrogen (secondary N) is 2. The van der Waals surface area contributed by atoms with E-state index in [9.17, 15) is 26.4 Å². The van der Waals surface area contributed by atoms with E-state index in [0.29, 0.717) is 17.0 Å². The molecule has 11 heteroatoms. The first kappa shape index (κ1) is 25.1. The Morgan fingerprint density at radius 1 is 1.09 bits per heavy atom. The predicted octanol–water partition coefficient (Wildman–Crippen LogP) is 4.49. The molecule has 0 unspecified atom stereocenters. The summed E-state index contributed by atoms with van der Waals surface area (Å²) >= 11 is 0. The average Bonchev–Trinajstić information content (AvgIpc) is 3.30. The van der Waals surface area contributed by atoms with Crippen LogP contribution in [0.4, 0.5) is 24.5 Å². The summed E-state index contributed by atoms with van der Waals surface area (Å²) in [6, 6.07) is 12.1. The van der Waals surface area contributed by atoms with Crippen molar-refractivity contribution < 1.29 is 30.8 Å². The monoisotopic (exact) mass is 493 g/mol. The summed E-state index contributed by atoms with van der Waals surface area (Å²) in [5, 5.41) is 2.46.